The molecule has 2 atom stereocenters. The van der Waals surface area contributed by atoms with Crippen molar-refractivity contribution >= 4 is 0 Å². The molecule has 4 rings (SSSR count). The smallest absolute Gasteiger partial charge is 0.125 e. The SMILES string of the molecule is CC(C)(C)c1ccc(C2NC(c3ccc(C(C)(C)C)cc3)NC(c3ccc(O)cc3O)N2)cc1. The van der Waals surface area contributed by atoms with E-state index in [9.17, 15) is 10.2 Å². The molecule has 0 bridgehead atoms. The lowest BCUT2D eigenvalue weighted by molar-refractivity contribution is 0.200. The summed E-state index contributed by atoms with van der Waals surface area (Å²) < 4.78 is 0. The summed E-state index contributed by atoms with van der Waals surface area (Å²) in [4.78, 5) is 0. The van der Waals surface area contributed by atoms with Crippen molar-refractivity contribution < 1.29 is 10.2 Å². The van der Waals surface area contributed by atoms with Gasteiger partial charge in [0.25, 0.3) is 0 Å². The van der Waals surface area contributed by atoms with E-state index in [2.05, 4.69) is 106 Å². The molecule has 180 valence electrons. The van der Waals surface area contributed by atoms with Crippen LogP contribution in [0, 0.1) is 0 Å². The van der Waals surface area contributed by atoms with E-state index in [4.69, 9.17) is 0 Å². The highest BCUT2D eigenvalue weighted by molar-refractivity contribution is 5.42. The second-order valence-electron chi connectivity index (χ2n) is 11.3. The predicted octanol–water partition coefficient (Wildman–Crippen LogP) is 5.87. The summed E-state index contributed by atoms with van der Waals surface area (Å²) in [6.07, 6.45) is -0.594. The Balaban J connectivity index is 1.67. The minimum Gasteiger partial charge on any atom is -0.508 e. The van der Waals surface area contributed by atoms with E-state index in [0.29, 0.717) is 5.56 Å². The Kier molecular flexibility index (Phi) is 6.47. The van der Waals surface area contributed by atoms with Crippen LogP contribution in [0.5, 0.6) is 11.5 Å². The van der Waals surface area contributed by atoms with Gasteiger partial charge in [-0.1, -0.05) is 90.1 Å². The Morgan fingerprint density at radius 1 is 0.559 bits per heavy atom. The average Bonchev–Trinajstić information content (AvgIpc) is 2.78. The Morgan fingerprint density at radius 2 is 0.971 bits per heavy atom. The van der Waals surface area contributed by atoms with E-state index < -0.39 is 0 Å². The third-order valence-corrected chi connectivity index (χ3v) is 6.55. The summed E-state index contributed by atoms with van der Waals surface area (Å²) in [5.74, 6) is 0.0920. The van der Waals surface area contributed by atoms with Gasteiger partial charge in [-0.2, -0.15) is 0 Å². The molecule has 5 heteroatoms. The van der Waals surface area contributed by atoms with Gasteiger partial charge in [-0.05, 0) is 45.2 Å². The van der Waals surface area contributed by atoms with Crippen LogP contribution in [0.4, 0.5) is 0 Å². The summed E-state index contributed by atoms with van der Waals surface area (Å²) in [5, 5.41) is 31.1. The molecular weight excluding hydrogens is 422 g/mol. The number of aromatic hydroxyl groups is 2. The molecule has 3 aromatic carbocycles. The fourth-order valence-corrected chi connectivity index (χ4v) is 4.34. The largest absolute Gasteiger partial charge is 0.508 e. The van der Waals surface area contributed by atoms with Gasteiger partial charge in [-0.25, -0.2) is 0 Å². The number of nitrogens with one attached hydrogen (secondary N) is 3. The van der Waals surface area contributed by atoms with Crippen LogP contribution >= 0.6 is 0 Å². The van der Waals surface area contributed by atoms with Gasteiger partial charge in [0.2, 0.25) is 0 Å². The second-order valence-corrected chi connectivity index (χ2v) is 11.3. The molecule has 0 spiro atoms. The van der Waals surface area contributed by atoms with Crippen molar-refractivity contribution in [3.8, 4) is 11.5 Å². The molecule has 0 radical (unpaired) electrons. The number of rotatable bonds is 3. The first-order chi connectivity index (χ1) is 15.9. The van der Waals surface area contributed by atoms with Crippen LogP contribution in [0.3, 0.4) is 0 Å². The molecule has 5 nitrogen and oxygen atoms in total. The van der Waals surface area contributed by atoms with Crippen LogP contribution in [-0.2, 0) is 10.8 Å². The van der Waals surface area contributed by atoms with E-state index in [1.807, 2.05) is 0 Å². The van der Waals surface area contributed by atoms with Gasteiger partial charge in [-0.15, -0.1) is 0 Å². The highest BCUT2D eigenvalue weighted by Gasteiger charge is 2.31. The summed E-state index contributed by atoms with van der Waals surface area (Å²) in [5.41, 5.74) is 5.67. The minimum absolute atomic E-state index is 0.0406. The standard InChI is InChI=1S/C29H37N3O2/c1-28(2,3)20-11-7-18(8-12-20)25-30-26(19-9-13-21(14-10-19)29(4,5)6)32-27(31-25)23-16-15-22(33)17-24(23)34/h7-17,25-27,30-34H,1-6H3. The third-order valence-electron chi connectivity index (χ3n) is 6.55. The minimum atomic E-state index is -0.318. The van der Waals surface area contributed by atoms with Crippen molar-refractivity contribution in [2.75, 3.05) is 0 Å². The van der Waals surface area contributed by atoms with Gasteiger partial charge in [0, 0.05) is 11.6 Å². The zero-order valence-electron chi connectivity index (χ0n) is 21.0. The first-order valence-corrected chi connectivity index (χ1v) is 11.9. The molecule has 0 aliphatic carbocycles. The molecule has 0 saturated carbocycles. The Hall–Kier alpha value is -2.86. The molecule has 0 aromatic heterocycles. The van der Waals surface area contributed by atoms with Crippen molar-refractivity contribution in [1.29, 1.82) is 0 Å². The van der Waals surface area contributed by atoms with Gasteiger partial charge in [0.1, 0.15) is 11.5 Å². The summed E-state index contributed by atoms with van der Waals surface area (Å²) in [6.45, 7) is 13.3. The van der Waals surface area contributed by atoms with Gasteiger partial charge in [0.05, 0.1) is 18.5 Å². The first kappa shape index (κ1) is 24.3. The quantitative estimate of drug-likeness (QED) is 0.339. The first-order valence-electron chi connectivity index (χ1n) is 11.9. The second kappa shape index (κ2) is 9.06. The monoisotopic (exact) mass is 459 g/mol. The molecule has 1 heterocycles. The zero-order valence-corrected chi connectivity index (χ0v) is 21.0. The number of hydrogen-bond donors (Lipinski definition) is 5. The van der Waals surface area contributed by atoms with Crippen molar-refractivity contribution in [1.82, 2.24) is 16.0 Å². The number of phenolic OH excluding ortho intramolecular Hbond substituents is 2. The molecular formula is C29H37N3O2. The number of benzene rings is 3. The fraction of sp³-hybridized carbons (Fsp3) is 0.379. The maximum absolute atomic E-state index is 10.5. The highest BCUT2D eigenvalue weighted by Crippen LogP contribution is 2.34. The van der Waals surface area contributed by atoms with Crippen LogP contribution < -0.4 is 16.0 Å². The van der Waals surface area contributed by atoms with E-state index in [-0.39, 0.29) is 40.8 Å². The topological polar surface area (TPSA) is 76.5 Å². The Bertz CT molecular complexity index is 1060. The van der Waals surface area contributed by atoms with Crippen molar-refractivity contribution in [3.05, 3.63) is 94.5 Å². The molecule has 1 saturated heterocycles. The Morgan fingerprint density at radius 3 is 1.35 bits per heavy atom. The molecule has 1 aliphatic heterocycles. The highest BCUT2D eigenvalue weighted by atomic mass is 16.3. The van der Waals surface area contributed by atoms with E-state index in [1.54, 1.807) is 12.1 Å². The lowest BCUT2D eigenvalue weighted by Gasteiger charge is -2.40. The fourth-order valence-electron chi connectivity index (χ4n) is 4.34. The van der Waals surface area contributed by atoms with Gasteiger partial charge in [0.15, 0.2) is 0 Å². The van der Waals surface area contributed by atoms with Crippen LogP contribution in [0.2, 0.25) is 0 Å². The molecule has 1 fully saturated rings. The van der Waals surface area contributed by atoms with Crippen LogP contribution in [-0.4, -0.2) is 10.2 Å². The molecule has 1 aliphatic rings. The normalized spacial score (nSPS) is 21.4. The summed E-state index contributed by atoms with van der Waals surface area (Å²) >= 11 is 0. The van der Waals surface area contributed by atoms with Crippen molar-refractivity contribution in [2.24, 2.45) is 0 Å². The van der Waals surface area contributed by atoms with Gasteiger partial charge < -0.3 is 10.2 Å². The molecule has 3 aromatic rings. The maximum atomic E-state index is 10.5. The zero-order chi connectivity index (χ0) is 24.7. The maximum Gasteiger partial charge on any atom is 0.125 e. The van der Waals surface area contributed by atoms with E-state index in [0.717, 1.165) is 11.1 Å². The van der Waals surface area contributed by atoms with Crippen LogP contribution in [0.15, 0.2) is 66.7 Å². The molecule has 0 amide bonds. The molecule has 5 N–H and O–H groups in total. The number of hydrogen-bond acceptors (Lipinski definition) is 5. The summed E-state index contributed by atoms with van der Waals surface area (Å²) in [6, 6.07) is 22.1. The lowest BCUT2D eigenvalue weighted by Crippen LogP contribution is -2.54. The molecule has 2 unspecified atom stereocenters. The predicted molar refractivity (Wildman–Crippen MR) is 138 cm³/mol. The van der Waals surface area contributed by atoms with Crippen LogP contribution in [0.1, 0.15) is 87.9 Å². The van der Waals surface area contributed by atoms with E-state index in [1.165, 1.54) is 17.2 Å². The number of phenols is 2. The van der Waals surface area contributed by atoms with Crippen LogP contribution in [0.25, 0.3) is 0 Å². The third kappa shape index (κ3) is 5.27. The van der Waals surface area contributed by atoms with Gasteiger partial charge in [-0.3, -0.25) is 16.0 Å². The lowest BCUT2D eigenvalue weighted by atomic mass is 9.86. The van der Waals surface area contributed by atoms with Crippen molar-refractivity contribution in [3.63, 3.8) is 0 Å². The van der Waals surface area contributed by atoms with Crippen molar-refractivity contribution in [2.45, 2.75) is 70.9 Å². The summed E-state index contributed by atoms with van der Waals surface area (Å²) in [7, 11) is 0. The molecule has 34 heavy (non-hydrogen) atoms. The average molecular weight is 460 g/mol. The van der Waals surface area contributed by atoms with Gasteiger partial charge >= 0.3 is 0 Å². The van der Waals surface area contributed by atoms with E-state index >= 15 is 0 Å². The Labute approximate surface area is 203 Å².